The van der Waals surface area contributed by atoms with Crippen LogP contribution < -0.4 is 5.43 Å². The molecule has 3 nitrogen and oxygen atoms in total. The van der Waals surface area contributed by atoms with Crippen molar-refractivity contribution >= 4 is 6.21 Å². The lowest BCUT2D eigenvalue weighted by molar-refractivity contribution is 0.134. The zero-order valence-corrected chi connectivity index (χ0v) is 6.08. The second-order valence-corrected chi connectivity index (χ2v) is 2.95. The molecule has 2 aliphatic heterocycles. The Balaban J connectivity index is 2.01. The van der Waals surface area contributed by atoms with Gasteiger partial charge in [-0.2, -0.15) is 5.10 Å². The van der Waals surface area contributed by atoms with E-state index in [0.29, 0.717) is 6.17 Å². The average molecular weight is 139 g/mol. The number of fused-ring (bicyclic) bond motifs is 1. The van der Waals surface area contributed by atoms with Crippen LogP contribution in [0.2, 0.25) is 0 Å². The molecule has 0 aromatic carbocycles. The summed E-state index contributed by atoms with van der Waals surface area (Å²) in [5, 5.41) is 4.04. The van der Waals surface area contributed by atoms with Gasteiger partial charge in [-0.1, -0.05) is 0 Å². The molecule has 0 bridgehead atoms. The summed E-state index contributed by atoms with van der Waals surface area (Å²) in [7, 11) is 0. The third-order valence-corrected chi connectivity index (χ3v) is 2.24. The van der Waals surface area contributed by atoms with Crippen LogP contribution in [0.15, 0.2) is 5.10 Å². The fourth-order valence-electron chi connectivity index (χ4n) is 1.64. The van der Waals surface area contributed by atoms with Crippen molar-refractivity contribution in [1.29, 1.82) is 0 Å². The van der Waals surface area contributed by atoms with Crippen molar-refractivity contribution in [3.63, 3.8) is 0 Å². The third-order valence-electron chi connectivity index (χ3n) is 2.24. The Bertz CT molecular complexity index is 128. The van der Waals surface area contributed by atoms with Gasteiger partial charge in [-0.05, 0) is 19.3 Å². The van der Waals surface area contributed by atoms with Gasteiger partial charge in [0.1, 0.15) is 0 Å². The van der Waals surface area contributed by atoms with Crippen molar-refractivity contribution in [3.05, 3.63) is 0 Å². The van der Waals surface area contributed by atoms with Crippen molar-refractivity contribution in [2.75, 3.05) is 13.1 Å². The molecule has 0 aromatic rings. The van der Waals surface area contributed by atoms with Crippen LogP contribution >= 0.6 is 0 Å². The highest BCUT2D eigenvalue weighted by Crippen LogP contribution is 2.15. The van der Waals surface area contributed by atoms with Crippen LogP contribution in [0.1, 0.15) is 19.3 Å². The first kappa shape index (κ1) is 6.16. The molecule has 1 unspecified atom stereocenters. The van der Waals surface area contributed by atoms with Gasteiger partial charge in [0.15, 0.2) is 0 Å². The summed E-state index contributed by atoms with van der Waals surface area (Å²) < 4.78 is 0. The largest absolute Gasteiger partial charge is 0.293 e. The molecule has 0 saturated carbocycles. The Morgan fingerprint density at radius 2 is 2.50 bits per heavy atom. The van der Waals surface area contributed by atoms with E-state index in [0.717, 1.165) is 6.54 Å². The monoisotopic (exact) mass is 139 g/mol. The lowest BCUT2D eigenvalue weighted by atomic mass is 10.1. The van der Waals surface area contributed by atoms with Gasteiger partial charge >= 0.3 is 0 Å². The van der Waals surface area contributed by atoms with Gasteiger partial charge in [-0.25, -0.2) is 0 Å². The molecule has 0 amide bonds. The van der Waals surface area contributed by atoms with Crippen molar-refractivity contribution in [2.24, 2.45) is 5.10 Å². The zero-order valence-electron chi connectivity index (χ0n) is 6.08. The summed E-state index contributed by atoms with van der Waals surface area (Å²) in [6.45, 7) is 2.28. The zero-order chi connectivity index (χ0) is 6.81. The average Bonchev–Trinajstić information content (AvgIpc) is 2.05. The second-order valence-electron chi connectivity index (χ2n) is 2.95. The smallest absolute Gasteiger partial charge is 0.0961 e. The summed E-state index contributed by atoms with van der Waals surface area (Å²) >= 11 is 0. The van der Waals surface area contributed by atoms with E-state index in [1.165, 1.54) is 25.8 Å². The molecule has 1 fully saturated rings. The molecule has 10 heavy (non-hydrogen) atoms. The highest BCUT2D eigenvalue weighted by molar-refractivity contribution is 5.60. The van der Waals surface area contributed by atoms with Gasteiger partial charge in [0.2, 0.25) is 0 Å². The van der Waals surface area contributed by atoms with E-state index in [2.05, 4.69) is 15.4 Å². The van der Waals surface area contributed by atoms with Crippen LogP contribution in [0, 0.1) is 0 Å². The van der Waals surface area contributed by atoms with Crippen LogP contribution in [-0.4, -0.2) is 30.4 Å². The quantitative estimate of drug-likeness (QED) is 0.525. The molecule has 0 radical (unpaired) electrons. The molecule has 56 valence electrons. The SMILES string of the molecule is C1=NNC2CCCCN2C1. The highest BCUT2D eigenvalue weighted by atomic mass is 15.4. The number of nitrogens with one attached hydrogen (secondary N) is 1. The minimum absolute atomic E-state index is 0.541. The molecule has 2 heterocycles. The van der Waals surface area contributed by atoms with Crippen LogP contribution in [0.5, 0.6) is 0 Å². The van der Waals surface area contributed by atoms with E-state index in [9.17, 15) is 0 Å². The number of rotatable bonds is 0. The molecule has 3 heteroatoms. The molecular weight excluding hydrogens is 126 g/mol. The lowest BCUT2D eigenvalue weighted by Crippen LogP contribution is -2.50. The highest BCUT2D eigenvalue weighted by Gasteiger charge is 2.22. The standard InChI is InChI=1S/C7H13N3/c1-2-5-10-6-4-8-9-7(10)3-1/h4,7,9H,1-3,5-6H2. The third kappa shape index (κ3) is 1.01. The van der Waals surface area contributed by atoms with E-state index in [4.69, 9.17) is 0 Å². The van der Waals surface area contributed by atoms with Gasteiger partial charge in [-0.3, -0.25) is 10.3 Å². The predicted octanol–water partition coefficient (Wildman–Crippen LogP) is 0.387. The van der Waals surface area contributed by atoms with E-state index in [1.807, 2.05) is 6.21 Å². The topological polar surface area (TPSA) is 27.6 Å². The van der Waals surface area contributed by atoms with Crippen LogP contribution in [0.4, 0.5) is 0 Å². The van der Waals surface area contributed by atoms with E-state index in [1.54, 1.807) is 0 Å². The lowest BCUT2D eigenvalue weighted by Gasteiger charge is -2.36. The Morgan fingerprint density at radius 1 is 1.50 bits per heavy atom. The Labute approximate surface area is 61.1 Å². The van der Waals surface area contributed by atoms with Crippen molar-refractivity contribution in [2.45, 2.75) is 25.4 Å². The van der Waals surface area contributed by atoms with Crippen molar-refractivity contribution in [1.82, 2.24) is 10.3 Å². The summed E-state index contributed by atoms with van der Waals surface area (Å²) in [6, 6.07) is 0. The number of piperidine rings is 1. The molecule has 2 rings (SSSR count). The van der Waals surface area contributed by atoms with E-state index >= 15 is 0 Å². The minimum Gasteiger partial charge on any atom is -0.293 e. The summed E-state index contributed by atoms with van der Waals surface area (Å²) in [6.07, 6.45) is 6.45. The van der Waals surface area contributed by atoms with Crippen molar-refractivity contribution < 1.29 is 0 Å². The summed E-state index contributed by atoms with van der Waals surface area (Å²) in [5.41, 5.74) is 3.12. The summed E-state index contributed by atoms with van der Waals surface area (Å²) in [5.74, 6) is 0. The van der Waals surface area contributed by atoms with Crippen LogP contribution in [-0.2, 0) is 0 Å². The predicted molar refractivity (Wildman–Crippen MR) is 40.8 cm³/mol. The first-order chi connectivity index (χ1) is 4.97. The Hall–Kier alpha value is -0.570. The molecule has 0 aliphatic carbocycles. The molecule has 1 saturated heterocycles. The maximum absolute atomic E-state index is 4.04. The molecule has 1 N–H and O–H groups in total. The fraction of sp³-hybridized carbons (Fsp3) is 0.857. The maximum Gasteiger partial charge on any atom is 0.0961 e. The van der Waals surface area contributed by atoms with Crippen LogP contribution in [0.25, 0.3) is 0 Å². The van der Waals surface area contributed by atoms with Gasteiger partial charge in [0, 0.05) is 19.3 Å². The molecule has 2 aliphatic rings. The van der Waals surface area contributed by atoms with Crippen molar-refractivity contribution in [3.8, 4) is 0 Å². The van der Waals surface area contributed by atoms with Crippen LogP contribution in [0.3, 0.4) is 0 Å². The number of hydrazone groups is 1. The maximum atomic E-state index is 4.04. The van der Waals surface area contributed by atoms with Gasteiger partial charge in [0.05, 0.1) is 6.17 Å². The van der Waals surface area contributed by atoms with Gasteiger partial charge < -0.3 is 0 Å². The Morgan fingerprint density at radius 3 is 3.40 bits per heavy atom. The number of hydrogen-bond donors (Lipinski definition) is 1. The summed E-state index contributed by atoms with van der Waals surface area (Å²) in [4.78, 5) is 2.44. The molecule has 0 aromatic heterocycles. The first-order valence-electron chi connectivity index (χ1n) is 3.98. The fourth-order valence-corrected chi connectivity index (χ4v) is 1.64. The second kappa shape index (κ2) is 2.58. The molecule has 0 spiro atoms. The Kier molecular flexibility index (Phi) is 1.59. The number of hydrogen-bond acceptors (Lipinski definition) is 3. The van der Waals surface area contributed by atoms with E-state index < -0.39 is 0 Å². The number of nitrogens with zero attached hydrogens (tertiary/aromatic N) is 2. The molecule has 1 atom stereocenters. The van der Waals surface area contributed by atoms with Gasteiger partial charge in [-0.15, -0.1) is 0 Å². The molecular formula is C7H13N3. The first-order valence-corrected chi connectivity index (χ1v) is 3.98. The van der Waals surface area contributed by atoms with Gasteiger partial charge in [0.25, 0.3) is 0 Å². The normalized spacial score (nSPS) is 33.0. The van der Waals surface area contributed by atoms with E-state index in [-0.39, 0.29) is 0 Å². The minimum atomic E-state index is 0.541.